The maximum atomic E-state index is 13.7. The van der Waals surface area contributed by atoms with Crippen LogP contribution in [0.25, 0.3) is 5.69 Å². The second-order valence-electron chi connectivity index (χ2n) is 5.65. The summed E-state index contributed by atoms with van der Waals surface area (Å²) in [6.07, 6.45) is 4.70. The Balaban J connectivity index is 1.83. The van der Waals surface area contributed by atoms with Crippen molar-refractivity contribution in [3.05, 3.63) is 42.5 Å². The summed E-state index contributed by atoms with van der Waals surface area (Å²) in [4.78, 5) is -0.0569. The minimum atomic E-state index is -3.81. The van der Waals surface area contributed by atoms with Crippen LogP contribution in [0.5, 0.6) is 0 Å². The molecule has 6 nitrogen and oxygen atoms in total. The van der Waals surface area contributed by atoms with Crippen molar-refractivity contribution in [3.63, 3.8) is 0 Å². The van der Waals surface area contributed by atoms with Crippen LogP contribution >= 0.6 is 0 Å². The molecule has 0 spiro atoms. The summed E-state index contributed by atoms with van der Waals surface area (Å²) in [5.74, 6) is -0.491. The molecule has 1 fully saturated rings. The summed E-state index contributed by atoms with van der Waals surface area (Å²) >= 11 is 0. The monoisotopic (exact) mass is 339 g/mol. The van der Waals surface area contributed by atoms with Gasteiger partial charge in [-0.1, -0.05) is 25.0 Å². The number of hydrogen-bond donors (Lipinski definition) is 2. The maximum Gasteiger partial charge on any atom is 0.244 e. The highest BCUT2D eigenvalue weighted by Crippen LogP contribution is 2.21. The average Bonchev–Trinajstić information content (AvgIpc) is 3.00. The summed E-state index contributed by atoms with van der Waals surface area (Å²) in [6, 6.07) is 5.49. The van der Waals surface area contributed by atoms with E-state index >= 15 is 0 Å². The van der Waals surface area contributed by atoms with E-state index in [1.165, 1.54) is 29.2 Å². The van der Waals surface area contributed by atoms with Crippen LogP contribution in [0, 0.1) is 5.82 Å². The van der Waals surface area contributed by atoms with Crippen LogP contribution in [0.1, 0.15) is 25.7 Å². The Bertz CT molecular complexity index is 791. The van der Waals surface area contributed by atoms with Gasteiger partial charge in [-0.15, -0.1) is 0 Å². The predicted octanol–water partition coefficient (Wildman–Crippen LogP) is 1.59. The van der Waals surface area contributed by atoms with E-state index in [9.17, 15) is 17.9 Å². The van der Waals surface area contributed by atoms with Crippen LogP contribution in [-0.2, 0) is 10.0 Å². The highest BCUT2D eigenvalue weighted by atomic mass is 32.2. The van der Waals surface area contributed by atoms with Gasteiger partial charge in [0, 0.05) is 6.04 Å². The zero-order valence-electron chi connectivity index (χ0n) is 12.4. The first-order valence-electron chi connectivity index (χ1n) is 7.47. The van der Waals surface area contributed by atoms with Crippen LogP contribution in [0.2, 0.25) is 0 Å². The quantitative estimate of drug-likeness (QED) is 0.886. The standard InChI is InChI=1S/C15H18FN3O3S/c16-12-5-1-3-7-14(12)19-10-11(9-17-19)23(21,22)18-13-6-2-4-8-15(13)20/h1,3,5,7,9-10,13,15,18,20H,2,4,6,8H2/t13-,15-/m0/s1. The van der Waals surface area contributed by atoms with Crippen LogP contribution in [-0.4, -0.2) is 35.5 Å². The van der Waals surface area contributed by atoms with E-state index in [-0.39, 0.29) is 10.6 Å². The van der Waals surface area contributed by atoms with Crippen molar-refractivity contribution in [1.29, 1.82) is 0 Å². The number of sulfonamides is 1. The molecule has 1 aromatic heterocycles. The van der Waals surface area contributed by atoms with Crippen molar-refractivity contribution in [2.45, 2.75) is 42.7 Å². The number of aliphatic hydroxyl groups is 1. The van der Waals surface area contributed by atoms with Crippen molar-refractivity contribution in [1.82, 2.24) is 14.5 Å². The van der Waals surface area contributed by atoms with E-state index in [2.05, 4.69) is 9.82 Å². The molecule has 1 aromatic carbocycles. The Labute approximate surface area is 134 Å². The molecule has 0 radical (unpaired) electrons. The summed E-state index contributed by atoms with van der Waals surface area (Å²) in [5, 5.41) is 13.8. The van der Waals surface area contributed by atoms with Crippen LogP contribution in [0.15, 0.2) is 41.6 Å². The molecule has 23 heavy (non-hydrogen) atoms. The van der Waals surface area contributed by atoms with Gasteiger partial charge in [0.05, 0.1) is 18.5 Å². The van der Waals surface area contributed by atoms with Gasteiger partial charge in [0.2, 0.25) is 10.0 Å². The number of benzene rings is 1. The van der Waals surface area contributed by atoms with Crippen LogP contribution < -0.4 is 4.72 Å². The average molecular weight is 339 g/mol. The first kappa shape index (κ1) is 16.1. The summed E-state index contributed by atoms with van der Waals surface area (Å²) in [6.45, 7) is 0. The van der Waals surface area contributed by atoms with Gasteiger partial charge >= 0.3 is 0 Å². The molecule has 1 heterocycles. The number of aromatic nitrogens is 2. The van der Waals surface area contributed by atoms with Gasteiger partial charge in [0.25, 0.3) is 0 Å². The lowest BCUT2D eigenvalue weighted by Gasteiger charge is -2.27. The molecule has 0 unspecified atom stereocenters. The molecule has 1 saturated carbocycles. The van der Waals surface area contributed by atoms with Gasteiger partial charge < -0.3 is 5.11 Å². The molecule has 124 valence electrons. The number of nitrogens with one attached hydrogen (secondary N) is 1. The van der Waals surface area contributed by atoms with Crippen molar-refractivity contribution >= 4 is 10.0 Å². The second kappa shape index (κ2) is 6.38. The molecule has 8 heteroatoms. The highest BCUT2D eigenvalue weighted by molar-refractivity contribution is 7.89. The largest absolute Gasteiger partial charge is 0.391 e. The van der Waals surface area contributed by atoms with E-state index in [0.29, 0.717) is 12.8 Å². The normalized spacial score (nSPS) is 22.2. The van der Waals surface area contributed by atoms with Gasteiger partial charge in [0.1, 0.15) is 16.4 Å². The highest BCUT2D eigenvalue weighted by Gasteiger charge is 2.28. The molecular weight excluding hydrogens is 321 g/mol. The first-order chi connectivity index (χ1) is 11.0. The van der Waals surface area contributed by atoms with Crippen molar-refractivity contribution in [3.8, 4) is 5.69 Å². The molecule has 0 bridgehead atoms. The molecule has 2 atom stereocenters. The van der Waals surface area contributed by atoms with Crippen LogP contribution in [0.4, 0.5) is 4.39 Å². The lowest BCUT2D eigenvalue weighted by atomic mass is 9.93. The molecule has 1 aliphatic carbocycles. The molecule has 0 aliphatic heterocycles. The summed E-state index contributed by atoms with van der Waals surface area (Å²) in [7, 11) is -3.81. The molecule has 3 rings (SSSR count). The van der Waals surface area contributed by atoms with Crippen LogP contribution in [0.3, 0.4) is 0 Å². The second-order valence-corrected chi connectivity index (χ2v) is 7.37. The third kappa shape index (κ3) is 3.44. The van der Waals surface area contributed by atoms with Crippen molar-refractivity contribution in [2.24, 2.45) is 0 Å². The molecule has 0 amide bonds. The summed E-state index contributed by atoms with van der Waals surface area (Å²) < 4.78 is 42.3. The Hall–Kier alpha value is -1.77. The fourth-order valence-corrected chi connectivity index (χ4v) is 3.96. The first-order valence-corrected chi connectivity index (χ1v) is 8.96. The van der Waals surface area contributed by atoms with Gasteiger partial charge in [0.15, 0.2) is 0 Å². The Morgan fingerprint density at radius 2 is 2.00 bits per heavy atom. The Morgan fingerprint density at radius 1 is 1.26 bits per heavy atom. The van der Waals surface area contributed by atoms with E-state index in [1.807, 2.05) is 0 Å². The predicted molar refractivity (Wildman–Crippen MR) is 82.1 cm³/mol. The zero-order chi connectivity index (χ0) is 16.4. The maximum absolute atomic E-state index is 13.7. The Morgan fingerprint density at radius 3 is 2.74 bits per heavy atom. The topological polar surface area (TPSA) is 84.2 Å². The SMILES string of the molecule is O=S(=O)(N[C@H]1CCCC[C@@H]1O)c1cnn(-c2ccccc2F)c1. The number of nitrogens with zero attached hydrogens (tertiary/aromatic N) is 2. The number of rotatable bonds is 4. The van der Waals surface area contributed by atoms with Gasteiger partial charge in [-0.2, -0.15) is 5.10 Å². The third-order valence-corrected chi connectivity index (χ3v) is 5.45. The zero-order valence-corrected chi connectivity index (χ0v) is 13.2. The molecule has 1 aliphatic rings. The minimum Gasteiger partial charge on any atom is -0.391 e. The fraction of sp³-hybridized carbons (Fsp3) is 0.400. The van der Waals surface area contributed by atoms with Gasteiger partial charge in [-0.3, -0.25) is 0 Å². The molecule has 2 N–H and O–H groups in total. The summed E-state index contributed by atoms with van der Waals surface area (Å²) in [5.41, 5.74) is 0.173. The number of halogens is 1. The lowest BCUT2D eigenvalue weighted by molar-refractivity contribution is 0.101. The van der Waals surface area contributed by atoms with E-state index in [1.54, 1.807) is 12.1 Å². The minimum absolute atomic E-state index is 0.0569. The number of hydrogen-bond acceptors (Lipinski definition) is 4. The molecule has 0 saturated heterocycles. The Kier molecular flexibility index (Phi) is 4.47. The van der Waals surface area contributed by atoms with E-state index in [0.717, 1.165) is 12.8 Å². The molecular formula is C15H18FN3O3S. The van der Waals surface area contributed by atoms with Crippen molar-refractivity contribution in [2.75, 3.05) is 0 Å². The lowest BCUT2D eigenvalue weighted by Crippen LogP contribution is -2.44. The smallest absolute Gasteiger partial charge is 0.244 e. The fourth-order valence-electron chi connectivity index (χ4n) is 2.73. The third-order valence-electron chi connectivity index (χ3n) is 4.00. The van der Waals surface area contributed by atoms with Crippen molar-refractivity contribution < 1.29 is 17.9 Å². The number of aliphatic hydroxyl groups excluding tert-OH is 1. The molecule has 2 aromatic rings. The van der Waals surface area contributed by atoms with E-state index in [4.69, 9.17) is 0 Å². The van der Waals surface area contributed by atoms with Gasteiger partial charge in [-0.05, 0) is 25.0 Å². The van der Waals surface area contributed by atoms with Gasteiger partial charge in [-0.25, -0.2) is 22.2 Å². The number of para-hydroxylation sites is 1. The van der Waals surface area contributed by atoms with E-state index < -0.39 is 28.0 Å².